The molecule has 228 valence electrons. The Balaban J connectivity index is 1.71. The van der Waals surface area contributed by atoms with Crippen LogP contribution < -0.4 is 9.30 Å². The highest BCUT2D eigenvalue weighted by molar-refractivity contribution is 6.08. The van der Waals surface area contributed by atoms with Crippen LogP contribution in [0.4, 0.5) is 0 Å². The van der Waals surface area contributed by atoms with E-state index in [-0.39, 0.29) is 5.41 Å². The molecular formula is C42H50NO+. The van der Waals surface area contributed by atoms with Gasteiger partial charge in [0.1, 0.15) is 18.5 Å². The van der Waals surface area contributed by atoms with Crippen LogP contribution in [0.15, 0.2) is 54.7 Å². The molecule has 0 atom stereocenters. The van der Waals surface area contributed by atoms with E-state index in [2.05, 4.69) is 143 Å². The summed E-state index contributed by atoms with van der Waals surface area (Å²) in [5.74, 6) is 3.31. The highest BCUT2D eigenvalue weighted by atomic mass is 16.5. The summed E-state index contributed by atoms with van der Waals surface area (Å²) in [6.45, 7) is 25.4. The van der Waals surface area contributed by atoms with Crippen molar-refractivity contribution in [2.75, 3.05) is 0 Å². The lowest BCUT2D eigenvalue weighted by Gasteiger charge is -2.29. The van der Waals surface area contributed by atoms with Gasteiger partial charge in [0.15, 0.2) is 6.20 Å². The third-order valence-corrected chi connectivity index (χ3v) is 9.56. The molecule has 2 heteroatoms. The molecule has 1 aliphatic rings. The van der Waals surface area contributed by atoms with Crippen molar-refractivity contribution in [3.05, 3.63) is 88.1 Å². The molecule has 5 aromatic rings. The van der Waals surface area contributed by atoms with Crippen molar-refractivity contribution in [2.24, 2.45) is 12.5 Å². The molecule has 4 aromatic carbocycles. The van der Waals surface area contributed by atoms with Crippen molar-refractivity contribution in [1.82, 2.24) is 0 Å². The Morgan fingerprint density at radius 3 is 2.00 bits per heavy atom. The molecule has 2 heterocycles. The molecule has 0 saturated carbocycles. The Labute approximate surface area is 265 Å². The van der Waals surface area contributed by atoms with Crippen LogP contribution in [-0.4, -0.2) is 0 Å². The Hall–Kier alpha value is -3.65. The van der Waals surface area contributed by atoms with Gasteiger partial charge in [0.2, 0.25) is 5.69 Å². The zero-order valence-electron chi connectivity index (χ0n) is 29.0. The number of nitrogens with zero attached hydrogens (tertiary/aromatic N) is 1. The molecule has 0 saturated heterocycles. The number of rotatable bonds is 5. The fourth-order valence-electron chi connectivity index (χ4n) is 7.30. The summed E-state index contributed by atoms with van der Waals surface area (Å²) < 4.78 is 9.52. The minimum Gasteiger partial charge on any atom is -0.455 e. The van der Waals surface area contributed by atoms with Gasteiger partial charge in [-0.15, -0.1) is 0 Å². The predicted octanol–water partition coefficient (Wildman–Crippen LogP) is 11.8. The van der Waals surface area contributed by atoms with Crippen molar-refractivity contribution < 1.29 is 9.30 Å². The maximum atomic E-state index is 7.21. The van der Waals surface area contributed by atoms with Crippen molar-refractivity contribution in [2.45, 2.75) is 100 Å². The Kier molecular flexibility index (Phi) is 7.43. The molecule has 0 N–H and O–H groups in total. The van der Waals surface area contributed by atoms with Crippen molar-refractivity contribution in [3.8, 4) is 33.9 Å². The van der Waals surface area contributed by atoms with E-state index in [9.17, 15) is 0 Å². The SMILES string of the molecule is Cc1ccc2c(CC(C)(C)C)c3c(c(C)c2c1)-c1c2c(cc(-c4c(C(C)C)cc(C(C)C)cc4C(C)C)cc2cc[n+]1C)O3. The van der Waals surface area contributed by atoms with Gasteiger partial charge in [-0.3, -0.25) is 0 Å². The molecule has 0 fully saturated rings. The van der Waals surface area contributed by atoms with Gasteiger partial charge < -0.3 is 4.74 Å². The number of aromatic nitrogens is 1. The molecule has 0 unspecified atom stereocenters. The van der Waals surface area contributed by atoms with E-state index in [0.717, 1.165) is 17.9 Å². The van der Waals surface area contributed by atoms with Gasteiger partial charge >= 0.3 is 0 Å². The lowest BCUT2D eigenvalue weighted by atomic mass is 9.80. The fourth-order valence-corrected chi connectivity index (χ4v) is 7.30. The first kappa shape index (κ1) is 30.4. The Bertz CT molecular complexity index is 1920. The van der Waals surface area contributed by atoms with Gasteiger partial charge in [0.25, 0.3) is 0 Å². The largest absolute Gasteiger partial charge is 0.455 e. The van der Waals surface area contributed by atoms with E-state index in [1.165, 1.54) is 77.3 Å². The van der Waals surface area contributed by atoms with E-state index < -0.39 is 0 Å². The zero-order chi connectivity index (χ0) is 31.8. The average molecular weight is 585 g/mol. The molecule has 0 bridgehead atoms. The monoisotopic (exact) mass is 584 g/mol. The van der Waals surface area contributed by atoms with Crippen LogP contribution in [0, 0.1) is 19.3 Å². The molecule has 44 heavy (non-hydrogen) atoms. The van der Waals surface area contributed by atoms with Crippen molar-refractivity contribution >= 4 is 21.5 Å². The highest BCUT2D eigenvalue weighted by Gasteiger charge is 2.34. The maximum absolute atomic E-state index is 7.21. The summed E-state index contributed by atoms with van der Waals surface area (Å²) in [4.78, 5) is 0. The van der Waals surface area contributed by atoms with Gasteiger partial charge in [-0.25, -0.2) is 4.57 Å². The van der Waals surface area contributed by atoms with Gasteiger partial charge in [-0.05, 0) is 105 Å². The normalized spacial score (nSPS) is 13.0. The zero-order valence-corrected chi connectivity index (χ0v) is 29.0. The first-order valence-corrected chi connectivity index (χ1v) is 16.5. The number of pyridine rings is 1. The molecule has 6 rings (SSSR count). The molecule has 0 aliphatic carbocycles. The molecule has 1 aromatic heterocycles. The fraction of sp³-hybridized carbons (Fsp3) is 0.405. The van der Waals surface area contributed by atoms with Crippen molar-refractivity contribution in [1.29, 1.82) is 0 Å². The van der Waals surface area contributed by atoms with Crippen LogP contribution in [0.1, 0.15) is 113 Å². The van der Waals surface area contributed by atoms with E-state index >= 15 is 0 Å². The number of hydrogen-bond donors (Lipinski definition) is 0. The number of fused-ring (bicyclic) bond motifs is 3. The first-order chi connectivity index (χ1) is 20.7. The molecule has 1 aliphatic heterocycles. The predicted molar refractivity (Wildman–Crippen MR) is 188 cm³/mol. The van der Waals surface area contributed by atoms with Gasteiger partial charge in [0.05, 0.1) is 10.9 Å². The number of hydrogen-bond acceptors (Lipinski definition) is 1. The lowest BCUT2D eigenvalue weighted by molar-refractivity contribution is -0.659. The van der Waals surface area contributed by atoms with Crippen LogP contribution in [0.25, 0.3) is 43.9 Å². The third kappa shape index (κ3) is 5.01. The standard InChI is InChI=1S/C42H50NO/c1-23(2)29-19-32(24(3)4)38(33(20-29)25(5)6)30-18-28-15-16-43(12)40-37-27(8)34-17-26(7)13-14-31(34)35(22-42(9,10)11)41(37)44-36(21-30)39(28)40/h13-21,23-25H,22H2,1-12H3/q+1. The summed E-state index contributed by atoms with van der Waals surface area (Å²) in [5.41, 5.74) is 13.4. The van der Waals surface area contributed by atoms with Crippen LogP contribution in [-0.2, 0) is 13.5 Å². The second-order valence-corrected chi connectivity index (χ2v) is 15.4. The molecule has 2 nitrogen and oxygen atoms in total. The highest BCUT2D eigenvalue weighted by Crippen LogP contribution is 2.53. The molecule has 0 radical (unpaired) electrons. The second kappa shape index (κ2) is 10.8. The Morgan fingerprint density at radius 2 is 1.41 bits per heavy atom. The van der Waals surface area contributed by atoms with Gasteiger partial charge in [0, 0.05) is 11.6 Å². The summed E-state index contributed by atoms with van der Waals surface area (Å²) in [5, 5.41) is 5.08. The van der Waals surface area contributed by atoms with E-state index in [4.69, 9.17) is 4.74 Å². The van der Waals surface area contributed by atoms with E-state index in [1.807, 2.05) is 0 Å². The average Bonchev–Trinajstić information content (AvgIpc) is 2.95. The van der Waals surface area contributed by atoms with Gasteiger partial charge in [-0.1, -0.05) is 98.2 Å². The summed E-state index contributed by atoms with van der Waals surface area (Å²) in [6, 6.07) is 18.9. The number of benzene rings is 4. The lowest BCUT2D eigenvalue weighted by Crippen LogP contribution is -2.32. The maximum Gasteiger partial charge on any atom is 0.228 e. The van der Waals surface area contributed by atoms with Gasteiger partial charge in [-0.2, -0.15) is 0 Å². The summed E-state index contributed by atoms with van der Waals surface area (Å²) in [7, 11) is 2.18. The quantitative estimate of drug-likeness (QED) is 0.184. The van der Waals surface area contributed by atoms with E-state index in [1.54, 1.807) is 0 Å². The first-order valence-electron chi connectivity index (χ1n) is 16.5. The second-order valence-electron chi connectivity index (χ2n) is 15.4. The summed E-state index contributed by atoms with van der Waals surface area (Å²) in [6.07, 6.45) is 3.17. The third-order valence-electron chi connectivity index (χ3n) is 9.56. The van der Waals surface area contributed by atoms with Crippen molar-refractivity contribution in [3.63, 3.8) is 0 Å². The Morgan fingerprint density at radius 1 is 0.750 bits per heavy atom. The van der Waals surface area contributed by atoms with Crippen LogP contribution in [0.5, 0.6) is 11.5 Å². The minimum absolute atomic E-state index is 0.108. The smallest absolute Gasteiger partial charge is 0.228 e. The van der Waals surface area contributed by atoms with Crippen LogP contribution >= 0.6 is 0 Å². The van der Waals surface area contributed by atoms with Crippen LogP contribution in [0.2, 0.25) is 0 Å². The number of ether oxygens (including phenoxy) is 1. The minimum atomic E-state index is 0.108. The molecular weight excluding hydrogens is 534 g/mol. The number of aryl methyl sites for hydroxylation is 3. The summed E-state index contributed by atoms with van der Waals surface area (Å²) >= 11 is 0. The molecule has 0 spiro atoms. The topological polar surface area (TPSA) is 13.1 Å². The molecule has 0 amide bonds. The van der Waals surface area contributed by atoms with Crippen LogP contribution in [0.3, 0.4) is 0 Å². The van der Waals surface area contributed by atoms with E-state index in [0.29, 0.717) is 17.8 Å².